The van der Waals surface area contributed by atoms with Crippen molar-refractivity contribution < 1.29 is 5.11 Å². The second kappa shape index (κ2) is 6.04. The molecule has 0 bridgehead atoms. The van der Waals surface area contributed by atoms with Gasteiger partial charge in [0.1, 0.15) is 0 Å². The van der Waals surface area contributed by atoms with Crippen LogP contribution in [0.4, 0.5) is 5.69 Å². The quantitative estimate of drug-likeness (QED) is 0.844. The average molecular weight is 313 g/mol. The van der Waals surface area contributed by atoms with Gasteiger partial charge >= 0.3 is 0 Å². The predicted molar refractivity (Wildman–Crippen MR) is 78.3 cm³/mol. The topological polar surface area (TPSA) is 49.5 Å². The number of halogens is 1. The minimum atomic E-state index is -0.184. The molecule has 3 N–H and O–H groups in total. The van der Waals surface area contributed by atoms with E-state index in [4.69, 9.17) is 5.73 Å². The van der Waals surface area contributed by atoms with E-state index in [2.05, 4.69) is 27.9 Å². The molecule has 100 valence electrons. The zero-order chi connectivity index (χ0) is 13.1. The van der Waals surface area contributed by atoms with Crippen molar-refractivity contribution in [2.24, 2.45) is 0 Å². The Hall–Kier alpha value is -0.580. The van der Waals surface area contributed by atoms with Crippen molar-refractivity contribution in [3.63, 3.8) is 0 Å². The van der Waals surface area contributed by atoms with Crippen molar-refractivity contribution in [1.29, 1.82) is 0 Å². The summed E-state index contributed by atoms with van der Waals surface area (Å²) in [5.41, 5.74) is 7.72. The molecule has 1 aromatic carbocycles. The first-order valence-electron chi connectivity index (χ1n) is 6.50. The molecule has 0 aliphatic heterocycles. The molecule has 1 aliphatic carbocycles. The van der Waals surface area contributed by atoms with E-state index in [0.29, 0.717) is 0 Å². The van der Waals surface area contributed by atoms with Crippen LogP contribution in [0.2, 0.25) is 0 Å². The summed E-state index contributed by atoms with van der Waals surface area (Å²) in [4.78, 5) is 2.25. The number of hydrogen-bond donors (Lipinski definition) is 2. The second-order valence-electron chi connectivity index (χ2n) is 5.19. The van der Waals surface area contributed by atoms with Crippen LogP contribution in [0.25, 0.3) is 0 Å². The Morgan fingerprint density at radius 3 is 2.78 bits per heavy atom. The number of aliphatic hydroxyl groups is 1. The van der Waals surface area contributed by atoms with Crippen molar-refractivity contribution in [2.75, 3.05) is 12.8 Å². The molecule has 2 unspecified atom stereocenters. The molecule has 0 aromatic heterocycles. The lowest BCUT2D eigenvalue weighted by Crippen LogP contribution is -2.42. The van der Waals surface area contributed by atoms with E-state index in [1.807, 2.05) is 18.2 Å². The summed E-state index contributed by atoms with van der Waals surface area (Å²) in [6, 6.07) is 6.18. The number of anilines is 1. The van der Waals surface area contributed by atoms with Gasteiger partial charge in [0, 0.05) is 22.7 Å². The van der Waals surface area contributed by atoms with Gasteiger partial charge in [-0.05, 0) is 37.6 Å². The molecule has 0 amide bonds. The molecule has 3 nitrogen and oxygen atoms in total. The number of aliphatic hydroxyl groups excluding tert-OH is 1. The number of likely N-dealkylation sites (N-methyl/N-ethyl adjacent to an activating group) is 1. The van der Waals surface area contributed by atoms with E-state index in [1.165, 1.54) is 12.0 Å². The summed E-state index contributed by atoms with van der Waals surface area (Å²) in [7, 11) is 2.09. The van der Waals surface area contributed by atoms with Gasteiger partial charge in [0.05, 0.1) is 6.10 Å². The lowest BCUT2D eigenvalue weighted by atomic mass is 9.91. The van der Waals surface area contributed by atoms with Crippen LogP contribution >= 0.6 is 15.9 Å². The Morgan fingerprint density at radius 2 is 2.11 bits per heavy atom. The van der Waals surface area contributed by atoms with E-state index in [0.717, 1.165) is 36.0 Å². The fourth-order valence-electron chi connectivity index (χ4n) is 2.68. The van der Waals surface area contributed by atoms with E-state index in [9.17, 15) is 5.11 Å². The lowest BCUT2D eigenvalue weighted by Gasteiger charge is -2.35. The summed E-state index contributed by atoms with van der Waals surface area (Å²) < 4.78 is 1.04. The van der Waals surface area contributed by atoms with E-state index >= 15 is 0 Å². The molecule has 18 heavy (non-hydrogen) atoms. The van der Waals surface area contributed by atoms with Gasteiger partial charge in [0.2, 0.25) is 0 Å². The third-order valence-electron chi connectivity index (χ3n) is 3.76. The standard InChI is InChI=1S/C14H21BrN2O/c1-17(13-4-2-3-5-14(13)18)9-10-6-7-11(16)8-12(10)15/h6-8,13-14,18H,2-5,9,16H2,1H3. The molecule has 4 heteroatoms. The van der Waals surface area contributed by atoms with Gasteiger partial charge in [-0.25, -0.2) is 0 Å². The van der Waals surface area contributed by atoms with Crippen LogP contribution in [0.15, 0.2) is 22.7 Å². The predicted octanol–water partition coefficient (Wildman–Crippen LogP) is 2.77. The molecule has 1 saturated carbocycles. The molecule has 1 fully saturated rings. The van der Waals surface area contributed by atoms with Gasteiger partial charge in [0.15, 0.2) is 0 Å². The van der Waals surface area contributed by atoms with Crippen LogP contribution in [-0.4, -0.2) is 29.2 Å². The maximum Gasteiger partial charge on any atom is 0.0695 e. The summed E-state index contributed by atoms with van der Waals surface area (Å²) in [5.74, 6) is 0. The number of nitrogens with two attached hydrogens (primary N) is 1. The lowest BCUT2D eigenvalue weighted by molar-refractivity contribution is 0.0287. The number of benzene rings is 1. The van der Waals surface area contributed by atoms with Crippen molar-refractivity contribution in [3.05, 3.63) is 28.2 Å². The molecule has 1 aromatic rings. The van der Waals surface area contributed by atoms with Gasteiger partial charge < -0.3 is 10.8 Å². The highest BCUT2D eigenvalue weighted by molar-refractivity contribution is 9.10. The highest BCUT2D eigenvalue weighted by Crippen LogP contribution is 2.26. The van der Waals surface area contributed by atoms with Crippen molar-refractivity contribution in [3.8, 4) is 0 Å². The first-order chi connectivity index (χ1) is 8.58. The Bertz CT molecular complexity index is 411. The minimum absolute atomic E-state index is 0.184. The molecule has 0 spiro atoms. The summed E-state index contributed by atoms with van der Waals surface area (Å²) in [6.07, 6.45) is 4.20. The number of rotatable bonds is 3. The van der Waals surface area contributed by atoms with Crippen LogP contribution in [-0.2, 0) is 6.54 Å². The van der Waals surface area contributed by atoms with Gasteiger partial charge in [-0.1, -0.05) is 34.8 Å². The molecular formula is C14H21BrN2O. The first kappa shape index (κ1) is 13.8. The van der Waals surface area contributed by atoms with Gasteiger partial charge in [0.25, 0.3) is 0 Å². The molecule has 0 radical (unpaired) electrons. The highest BCUT2D eigenvalue weighted by Gasteiger charge is 2.26. The van der Waals surface area contributed by atoms with Crippen LogP contribution in [0, 0.1) is 0 Å². The zero-order valence-electron chi connectivity index (χ0n) is 10.8. The zero-order valence-corrected chi connectivity index (χ0v) is 12.4. The maximum absolute atomic E-state index is 10.1. The first-order valence-corrected chi connectivity index (χ1v) is 7.29. The molecule has 0 saturated heterocycles. The van der Waals surface area contributed by atoms with Crippen molar-refractivity contribution in [1.82, 2.24) is 4.90 Å². The van der Waals surface area contributed by atoms with Crippen LogP contribution in [0.5, 0.6) is 0 Å². The number of hydrogen-bond acceptors (Lipinski definition) is 3. The van der Waals surface area contributed by atoms with Crippen molar-refractivity contribution >= 4 is 21.6 Å². The Balaban J connectivity index is 2.03. The fraction of sp³-hybridized carbons (Fsp3) is 0.571. The van der Waals surface area contributed by atoms with Crippen LogP contribution in [0.1, 0.15) is 31.2 Å². The van der Waals surface area contributed by atoms with Crippen LogP contribution < -0.4 is 5.73 Å². The normalized spacial score (nSPS) is 24.4. The molecule has 0 heterocycles. The van der Waals surface area contributed by atoms with Crippen molar-refractivity contribution in [2.45, 2.75) is 44.4 Å². The second-order valence-corrected chi connectivity index (χ2v) is 6.04. The summed E-state index contributed by atoms with van der Waals surface area (Å²) >= 11 is 3.55. The third kappa shape index (κ3) is 3.25. The SMILES string of the molecule is CN(Cc1ccc(N)cc1Br)C1CCCCC1O. The van der Waals surface area contributed by atoms with E-state index in [1.54, 1.807) is 0 Å². The van der Waals surface area contributed by atoms with E-state index in [-0.39, 0.29) is 12.1 Å². The van der Waals surface area contributed by atoms with E-state index < -0.39 is 0 Å². The number of nitrogen functional groups attached to an aromatic ring is 1. The smallest absolute Gasteiger partial charge is 0.0695 e. The molecular weight excluding hydrogens is 292 g/mol. The largest absolute Gasteiger partial charge is 0.399 e. The summed E-state index contributed by atoms with van der Waals surface area (Å²) in [5, 5.41) is 10.1. The van der Waals surface area contributed by atoms with Crippen LogP contribution in [0.3, 0.4) is 0 Å². The fourth-order valence-corrected chi connectivity index (χ4v) is 3.21. The Labute approximate surface area is 117 Å². The highest BCUT2D eigenvalue weighted by atomic mass is 79.9. The monoisotopic (exact) mass is 312 g/mol. The van der Waals surface area contributed by atoms with Gasteiger partial charge in [-0.15, -0.1) is 0 Å². The summed E-state index contributed by atoms with van der Waals surface area (Å²) in [6.45, 7) is 0.836. The average Bonchev–Trinajstić information content (AvgIpc) is 2.33. The van der Waals surface area contributed by atoms with Gasteiger partial charge in [-0.2, -0.15) is 0 Å². The van der Waals surface area contributed by atoms with Gasteiger partial charge in [-0.3, -0.25) is 4.90 Å². The minimum Gasteiger partial charge on any atom is -0.399 e. The number of nitrogens with zero attached hydrogens (tertiary/aromatic N) is 1. The molecule has 2 atom stereocenters. The maximum atomic E-state index is 10.1. The molecule has 1 aliphatic rings. The Kier molecular flexibility index (Phi) is 4.65. The third-order valence-corrected chi connectivity index (χ3v) is 4.50. The molecule has 2 rings (SSSR count). The Morgan fingerprint density at radius 1 is 1.39 bits per heavy atom.